The molecule has 0 saturated heterocycles. The van der Waals surface area contributed by atoms with Crippen LogP contribution in [-0.4, -0.2) is 32.3 Å². The molecule has 13 heavy (non-hydrogen) atoms. The lowest BCUT2D eigenvalue weighted by molar-refractivity contribution is 0.544. The molecule has 0 amide bonds. The molecule has 0 aliphatic heterocycles. The van der Waals surface area contributed by atoms with E-state index in [0.29, 0.717) is 0 Å². The zero-order chi connectivity index (χ0) is 9.46. The summed E-state index contributed by atoms with van der Waals surface area (Å²) in [6.07, 6.45) is 0. The van der Waals surface area contributed by atoms with Crippen molar-refractivity contribution < 1.29 is 0 Å². The van der Waals surface area contributed by atoms with Crippen LogP contribution in [0.5, 0.6) is 0 Å². The van der Waals surface area contributed by atoms with E-state index >= 15 is 0 Å². The predicted molar refractivity (Wildman–Crippen MR) is 68.2 cm³/mol. The highest BCUT2D eigenvalue weighted by Gasteiger charge is 2.46. The fraction of sp³-hybridized carbons (Fsp3) is 1.00. The average Bonchev–Trinajstić information content (AvgIpc) is 2.08. The summed E-state index contributed by atoms with van der Waals surface area (Å²) in [7, 11) is 0. The molecule has 0 aromatic heterocycles. The monoisotopic (exact) mass is 322 g/mol. The Morgan fingerprint density at radius 1 is 0.385 bits per heavy atom. The third-order valence-corrected chi connectivity index (χ3v) is 5.86. The van der Waals surface area contributed by atoms with E-state index in [0.717, 1.165) is 0 Å². The van der Waals surface area contributed by atoms with Crippen LogP contribution in [0.1, 0.15) is 0 Å². The van der Waals surface area contributed by atoms with Crippen molar-refractivity contribution in [3.8, 4) is 0 Å². The first-order valence-corrected chi connectivity index (χ1v) is 5.93. The Bertz CT molecular complexity index is 109. The summed E-state index contributed by atoms with van der Waals surface area (Å²) in [5.41, 5.74) is 0. The van der Waals surface area contributed by atoms with Gasteiger partial charge in [0.05, 0.1) is 32.3 Å². The Morgan fingerprint density at radius 2 is 0.462 bits per heavy atom. The molecule has 0 bridgehead atoms. The Labute approximate surface area is 115 Å². The molecule has 1 aliphatic rings. The lowest BCUT2D eigenvalue weighted by Crippen LogP contribution is -2.52. The van der Waals surface area contributed by atoms with Gasteiger partial charge in [-0.25, -0.2) is 0 Å². The largest absolute Gasteiger partial charge is 0.197 e. The van der Waals surface area contributed by atoms with Gasteiger partial charge in [-0.1, -0.05) is 0 Å². The minimum absolute atomic E-state index is 0. The van der Waals surface area contributed by atoms with E-state index in [-0.39, 0.29) is 13.5 Å². The van der Waals surface area contributed by atoms with E-state index in [9.17, 15) is 0 Å². The van der Waals surface area contributed by atoms with Crippen LogP contribution >= 0.6 is 83.1 Å². The van der Waals surface area contributed by atoms with Crippen LogP contribution in [-0.2, 0) is 0 Å². The van der Waals surface area contributed by atoms with E-state index in [1.807, 2.05) is 0 Å². The first kappa shape index (κ1) is 15.1. The van der Waals surface area contributed by atoms with Crippen molar-refractivity contribution >= 4 is 83.1 Å². The highest BCUT2D eigenvalue weighted by Crippen LogP contribution is 2.39. The maximum Gasteiger partial charge on any atom is 0.0693 e. The van der Waals surface area contributed by atoms with Gasteiger partial charge in [0.1, 0.15) is 0 Å². The summed E-state index contributed by atoms with van der Waals surface area (Å²) in [6.45, 7) is 0. The SMILES string of the molecule is ClC1C(Cl)C(Cl)C(Cl)C(Cl)C1Cl.S. The zero-order valence-electron chi connectivity index (χ0n) is 6.23. The van der Waals surface area contributed by atoms with Gasteiger partial charge in [0.2, 0.25) is 0 Å². The van der Waals surface area contributed by atoms with E-state index in [1.54, 1.807) is 0 Å². The summed E-state index contributed by atoms with van der Waals surface area (Å²) in [6, 6.07) is 0. The number of halogens is 6. The fourth-order valence-corrected chi connectivity index (χ4v) is 3.38. The van der Waals surface area contributed by atoms with Crippen molar-refractivity contribution in [1.82, 2.24) is 0 Å². The number of hydrogen-bond donors (Lipinski definition) is 0. The van der Waals surface area contributed by atoms with Crippen molar-refractivity contribution in [3.05, 3.63) is 0 Å². The standard InChI is InChI=1S/C6H6Cl6.H2S/c7-1-2(8)4(10)6(12)5(11)3(1)9;/h1-6H;1H2. The van der Waals surface area contributed by atoms with Gasteiger partial charge in [0, 0.05) is 0 Å². The molecule has 0 aromatic carbocycles. The first-order chi connectivity index (χ1) is 5.46. The number of alkyl halides is 6. The molecule has 0 nitrogen and oxygen atoms in total. The highest BCUT2D eigenvalue weighted by atomic mass is 35.5. The van der Waals surface area contributed by atoms with E-state index in [2.05, 4.69) is 0 Å². The van der Waals surface area contributed by atoms with Gasteiger partial charge in [-0.3, -0.25) is 0 Å². The molecule has 0 radical (unpaired) electrons. The molecule has 0 N–H and O–H groups in total. The molecule has 1 aliphatic carbocycles. The van der Waals surface area contributed by atoms with E-state index < -0.39 is 32.3 Å². The minimum atomic E-state index is -0.437. The highest BCUT2D eigenvalue weighted by molar-refractivity contribution is 7.59. The van der Waals surface area contributed by atoms with Gasteiger partial charge in [-0.15, -0.1) is 69.6 Å². The molecule has 80 valence electrons. The molecular formula is C6H8Cl6S. The Morgan fingerprint density at radius 3 is 0.538 bits per heavy atom. The molecule has 0 unspecified atom stereocenters. The maximum absolute atomic E-state index is 5.88. The summed E-state index contributed by atoms with van der Waals surface area (Å²) in [4.78, 5) is 0. The predicted octanol–water partition coefficient (Wildman–Crippen LogP) is 3.76. The van der Waals surface area contributed by atoms with Crippen molar-refractivity contribution in [3.63, 3.8) is 0 Å². The van der Waals surface area contributed by atoms with Crippen molar-refractivity contribution in [2.24, 2.45) is 0 Å². The van der Waals surface area contributed by atoms with Crippen molar-refractivity contribution in [1.29, 1.82) is 0 Å². The number of hydrogen-bond acceptors (Lipinski definition) is 0. The summed E-state index contributed by atoms with van der Waals surface area (Å²) < 4.78 is 0. The summed E-state index contributed by atoms with van der Waals surface area (Å²) in [5.74, 6) is 0. The van der Waals surface area contributed by atoms with Gasteiger partial charge < -0.3 is 0 Å². The van der Waals surface area contributed by atoms with E-state index in [4.69, 9.17) is 69.6 Å². The third kappa shape index (κ3) is 3.03. The average molecular weight is 325 g/mol. The second-order valence-electron chi connectivity index (χ2n) is 2.67. The van der Waals surface area contributed by atoms with Gasteiger partial charge in [-0.2, -0.15) is 13.5 Å². The molecule has 0 atom stereocenters. The van der Waals surface area contributed by atoms with Gasteiger partial charge in [0.15, 0.2) is 0 Å². The van der Waals surface area contributed by atoms with Crippen LogP contribution in [0, 0.1) is 0 Å². The molecule has 1 rings (SSSR count). The third-order valence-electron chi connectivity index (χ3n) is 1.83. The zero-order valence-corrected chi connectivity index (χ0v) is 11.8. The molecule has 0 heterocycles. The molecule has 1 saturated carbocycles. The van der Waals surface area contributed by atoms with Gasteiger partial charge in [0.25, 0.3) is 0 Å². The second kappa shape index (κ2) is 5.98. The van der Waals surface area contributed by atoms with Crippen molar-refractivity contribution in [2.45, 2.75) is 32.3 Å². The van der Waals surface area contributed by atoms with Crippen LogP contribution in [0.15, 0.2) is 0 Å². The molecule has 0 spiro atoms. The topological polar surface area (TPSA) is 0 Å². The van der Waals surface area contributed by atoms with Crippen molar-refractivity contribution in [2.75, 3.05) is 0 Å². The first-order valence-electron chi connectivity index (χ1n) is 3.31. The summed E-state index contributed by atoms with van der Waals surface area (Å²) >= 11 is 35.3. The van der Waals surface area contributed by atoms with Gasteiger partial charge in [-0.05, 0) is 0 Å². The Balaban J connectivity index is 0.00000144. The van der Waals surface area contributed by atoms with Gasteiger partial charge >= 0.3 is 0 Å². The quantitative estimate of drug-likeness (QED) is 0.595. The Kier molecular flexibility index (Phi) is 6.94. The summed E-state index contributed by atoms with van der Waals surface area (Å²) in [5, 5.41) is -2.62. The second-order valence-corrected chi connectivity index (χ2v) is 5.69. The minimum Gasteiger partial charge on any atom is -0.197 e. The Hall–Kier alpha value is 2.09. The lowest BCUT2D eigenvalue weighted by atomic mass is 9.97. The smallest absolute Gasteiger partial charge is 0.0693 e. The molecular weight excluding hydrogens is 317 g/mol. The lowest BCUT2D eigenvalue weighted by Gasteiger charge is -2.37. The maximum atomic E-state index is 5.88. The van der Waals surface area contributed by atoms with Crippen LogP contribution in [0.2, 0.25) is 0 Å². The molecule has 1 fully saturated rings. The molecule has 7 heteroatoms. The van der Waals surface area contributed by atoms with E-state index in [1.165, 1.54) is 0 Å². The molecule has 0 aromatic rings. The van der Waals surface area contributed by atoms with Crippen LogP contribution in [0.3, 0.4) is 0 Å². The number of rotatable bonds is 0. The van der Waals surface area contributed by atoms with Crippen LogP contribution in [0.25, 0.3) is 0 Å². The van der Waals surface area contributed by atoms with Crippen LogP contribution < -0.4 is 0 Å². The fourth-order valence-electron chi connectivity index (χ4n) is 1.05. The normalized spacial score (nSPS) is 51.2. The van der Waals surface area contributed by atoms with Crippen LogP contribution in [0.4, 0.5) is 0 Å².